The smallest absolute Gasteiger partial charge is 0.133 e. The molecule has 4 nitrogen and oxygen atoms in total. The largest absolute Gasteiger partial charge is 0.507 e. The Morgan fingerprint density at radius 2 is 2.18 bits per heavy atom. The lowest BCUT2D eigenvalue weighted by molar-refractivity contribution is 0.0927. The van der Waals surface area contributed by atoms with Crippen LogP contribution in [0.5, 0.6) is 11.5 Å². The normalized spacial score (nSPS) is 14.3. The molecular formula is C13H15NO3. The molecule has 0 aromatic heterocycles. The summed E-state index contributed by atoms with van der Waals surface area (Å²) in [7, 11) is 0. The van der Waals surface area contributed by atoms with Gasteiger partial charge in [-0.25, -0.2) is 0 Å². The number of nitriles is 1. The van der Waals surface area contributed by atoms with E-state index < -0.39 is 0 Å². The van der Waals surface area contributed by atoms with Crippen molar-refractivity contribution in [3.63, 3.8) is 0 Å². The van der Waals surface area contributed by atoms with Gasteiger partial charge < -0.3 is 14.6 Å². The van der Waals surface area contributed by atoms with E-state index in [1.165, 1.54) is 25.0 Å². The first-order chi connectivity index (χ1) is 8.29. The van der Waals surface area contributed by atoms with Crippen LogP contribution in [0.4, 0.5) is 0 Å². The third kappa shape index (κ3) is 3.65. The van der Waals surface area contributed by atoms with Crippen molar-refractivity contribution in [1.82, 2.24) is 0 Å². The number of phenolic OH excluding ortho intramolecular Hbond substituents is 1. The molecule has 1 aromatic carbocycles. The van der Waals surface area contributed by atoms with Gasteiger partial charge in [0, 0.05) is 12.7 Å². The summed E-state index contributed by atoms with van der Waals surface area (Å²) in [5, 5.41) is 18.0. The maximum Gasteiger partial charge on any atom is 0.133 e. The van der Waals surface area contributed by atoms with Crippen molar-refractivity contribution in [3.05, 3.63) is 23.8 Å². The van der Waals surface area contributed by atoms with Gasteiger partial charge in [0.1, 0.15) is 24.2 Å². The summed E-state index contributed by atoms with van der Waals surface area (Å²) in [6.07, 6.45) is 2.56. The van der Waals surface area contributed by atoms with Crippen LogP contribution in [-0.2, 0) is 4.74 Å². The van der Waals surface area contributed by atoms with E-state index >= 15 is 0 Å². The Morgan fingerprint density at radius 1 is 1.35 bits per heavy atom. The second-order valence-electron chi connectivity index (χ2n) is 4.16. The fraction of sp³-hybridized carbons (Fsp3) is 0.462. The van der Waals surface area contributed by atoms with Crippen LogP contribution < -0.4 is 4.74 Å². The van der Waals surface area contributed by atoms with Crippen LogP contribution in [0.3, 0.4) is 0 Å². The number of benzene rings is 1. The highest BCUT2D eigenvalue weighted by atomic mass is 16.5. The lowest BCUT2D eigenvalue weighted by atomic mass is 10.2. The Hall–Kier alpha value is -1.73. The second-order valence-corrected chi connectivity index (χ2v) is 4.16. The SMILES string of the molecule is N#Cc1cc(OCCOCC2CC2)ccc1O. The van der Waals surface area contributed by atoms with Crippen molar-refractivity contribution < 1.29 is 14.6 Å². The molecule has 0 saturated heterocycles. The standard InChI is InChI=1S/C13H15NO3/c14-8-11-7-12(3-4-13(11)15)17-6-5-16-9-10-1-2-10/h3-4,7,10,15H,1-2,5-6,9H2. The number of nitrogens with zero attached hydrogens (tertiary/aromatic N) is 1. The quantitative estimate of drug-likeness (QED) is 0.764. The van der Waals surface area contributed by atoms with E-state index in [1.54, 1.807) is 6.07 Å². The van der Waals surface area contributed by atoms with Gasteiger partial charge >= 0.3 is 0 Å². The van der Waals surface area contributed by atoms with Crippen LogP contribution in [0, 0.1) is 17.2 Å². The molecule has 0 amide bonds. The first kappa shape index (κ1) is 11.7. The third-order valence-electron chi connectivity index (χ3n) is 2.64. The highest BCUT2D eigenvalue weighted by Gasteiger charge is 2.20. The van der Waals surface area contributed by atoms with Gasteiger partial charge in [0.05, 0.1) is 12.2 Å². The van der Waals surface area contributed by atoms with Crippen LogP contribution in [0.25, 0.3) is 0 Å². The van der Waals surface area contributed by atoms with Crippen molar-refractivity contribution in [1.29, 1.82) is 5.26 Å². The van der Waals surface area contributed by atoms with E-state index in [4.69, 9.17) is 14.7 Å². The zero-order valence-corrected chi connectivity index (χ0v) is 9.56. The second kappa shape index (κ2) is 5.55. The number of aromatic hydroxyl groups is 1. The lowest BCUT2D eigenvalue weighted by Crippen LogP contribution is -2.08. The van der Waals surface area contributed by atoms with Crippen LogP contribution in [0.15, 0.2) is 18.2 Å². The summed E-state index contributed by atoms with van der Waals surface area (Å²) in [6.45, 7) is 1.84. The maximum atomic E-state index is 9.31. The van der Waals surface area contributed by atoms with Gasteiger partial charge in [-0.3, -0.25) is 0 Å². The fourth-order valence-electron chi connectivity index (χ4n) is 1.45. The molecule has 0 spiro atoms. The van der Waals surface area contributed by atoms with E-state index in [0.717, 1.165) is 12.5 Å². The van der Waals surface area contributed by atoms with Gasteiger partial charge in [0.25, 0.3) is 0 Å². The molecule has 2 rings (SSSR count). The van der Waals surface area contributed by atoms with Crippen LogP contribution in [0.1, 0.15) is 18.4 Å². The lowest BCUT2D eigenvalue weighted by Gasteiger charge is -2.07. The molecule has 1 aliphatic rings. The molecule has 17 heavy (non-hydrogen) atoms. The zero-order chi connectivity index (χ0) is 12.1. The minimum absolute atomic E-state index is 0.0233. The molecule has 1 N–H and O–H groups in total. The first-order valence-electron chi connectivity index (χ1n) is 5.73. The van der Waals surface area contributed by atoms with Crippen molar-refractivity contribution in [2.24, 2.45) is 5.92 Å². The van der Waals surface area contributed by atoms with Crippen molar-refractivity contribution in [2.45, 2.75) is 12.8 Å². The Bertz CT molecular complexity index is 421. The molecule has 1 fully saturated rings. The number of hydrogen-bond acceptors (Lipinski definition) is 4. The van der Waals surface area contributed by atoms with Crippen LogP contribution in [0.2, 0.25) is 0 Å². The number of hydrogen-bond donors (Lipinski definition) is 1. The minimum atomic E-state index is -0.0233. The number of ether oxygens (including phenoxy) is 2. The highest BCUT2D eigenvalue weighted by molar-refractivity contribution is 5.46. The van der Waals surface area contributed by atoms with Gasteiger partial charge in [0.2, 0.25) is 0 Å². The summed E-state index contributed by atoms with van der Waals surface area (Å²) in [6, 6.07) is 6.52. The Balaban J connectivity index is 1.72. The Labute approximate surface area is 100 Å². The average molecular weight is 233 g/mol. The van der Waals surface area contributed by atoms with E-state index in [9.17, 15) is 5.11 Å². The van der Waals surface area contributed by atoms with Crippen LogP contribution >= 0.6 is 0 Å². The van der Waals surface area contributed by atoms with E-state index in [1.807, 2.05) is 6.07 Å². The summed E-state index contributed by atoms with van der Waals surface area (Å²) >= 11 is 0. The zero-order valence-electron chi connectivity index (χ0n) is 9.56. The first-order valence-corrected chi connectivity index (χ1v) is 5.73. The van der Waals surface area contributed by atoms with Crippen molar-refractivity contribution in [3.8, 4) is 17.6 Å². The Morgan fingerprint density at radius 3 is 2.88 bits per heavy atom. The highest BCUT2D eigenvalue weighted by Crippen LogP contribution is 2.28. The average Bonchev–Trinajstić information content (AvgIpc) is 3.15. The van der Waals surface area contributed by atoms with E-state index in [0.29, 0.717) is 19.0 Å². The fourth-order valence-corrected chi connectivity index (χ4v) is 1.45. The molecule has 1 aliphatic carbocycles. The van der Waals surface area contributed by atoms with Crippen molar-refractivity contribution in [2.75, 3.05) is 19.8 Å². The van der Waals surface area contributed by atoms with Gasteiger partial charge in [-0.1, -0.05) is 0 Å². The predicted molar refractivity (Wildman–Crippen MR) is 61.9 cm³/mol. The maximum absolute atomic E-state index is 9.31. The molecule has 0 aliphatic heterocycles. The molecule has 0 bridgehead atoms. The van der Waals surface area contributed by atoms with E-state index in [2.05, 4.69) is 0 Å². The van der Waals surface area contributed by atoms with Gasteiger partial charge in [-0.15, -0.1) is 0 Å². The predicted octanol–water partition coefficient (Wildman–Crippen LogP) is 2.07. The van der Waals surface area contributed by atoms with Gasteiger partial charge in [-0.05, 0) is 30.9 Å². The Kier molecular flexibility index (Phi) is 3.84. The van der Waals surface area contributed by atoms with Crippen molar-refractivity contribution >= 4 is 0 Å². The molecule has 0 atom stereocenters. The summed E-state index contributed by atoms with van der Waals surface area (Å²) in [4.78, 5) is 0. The minimum Gasteiger partial charge on any atom is -0.507 e. The van der Waals surface area contributed by atoms with E-state index in [-0.39, 0.29) is 11.3 Å². The molecule has 90 valence electrons. The summed E-state index contributed by atoms with van der Waals surface area (Å²) in [5.41, 5.74) is 0.224. The number of rotatable bonds is 6. The molecule has 0 radical (unpaired) electrons. The van der Waals surface area contributed by atoms with Crippen LogP contribution in [-0.4, -0.2) is 24.9 Å². The monoisotopic (exact) mass is 233 g/mol. The topological polar surface area (TPSA) is 62.5 Å². The third-order valence-corrected chi connectivity index (χ3v) is 2.64. The van der Waals surface area contributed by atoms with Gasteiger partial charge in [-0.2, -0.15) is 5.26 Å². The molecule has 0 unspecified atom stereocenters. The summed E-state index contributed by atoms with van der Waals surface area (Å²) < 4.78 is 10.8. The molecule has 1 aromatic rings. The molecule has 0 heterocycles. The van der Waals surface area contributed by atoms with Gasteiger partial charge in [0.15, 0.2) is 0 Å². The molecular weight excluding hydrogens is 218 g/mol. The summed E-state index contributed by atoms with van der Waals surface area (Å²) in [5.74, 6) is 1.31. The number of phenols is 1. The molecule has 1 saturated carbocycles. The molecule has 4 heteroatoms.